The molecule has 0 radical (unpaired) electrons. The highest BCUT2D eigenvalue weighted by molar-refractivity contribution is 7.99. The maximum atomic E-state index is 9.03. The van der Waals surface area contributed by atoms with Gasteiger partial charge in [0.2, 0.25) is 0 Å². The van der Waals surface area contributed by atoms with Crippen LogP contribution in [0.4, 0.5) is 0 Å². The maximum Gasteiger partial charge on any atom is 0.136 e. The van der Waals surface area contributed by atoms with E-state index in [1.165, 1.54) is 17.1 Å². The van der Waals surface area contributed by atoms with Crippen molar-refractivity contribution in [3.05, 3.63) is 29.3 Å². The number of thioether (sulfide) groups is 1. The second kappa shape index (κ2) is 5.95. The van der Waals surface area contributed by atoms with Crippen molar-refractivity contribution >= 4 is 11.8 Å². The average Bonchev–Trinajstić information content (AvgIpc) is 2.40. The molecule has 1 heterocycles. The standard InChI is InChI=1S/C13H16N2OS/c1-16-13-3-2-11(8-12(13)9-14)10-15-4-6-17-7-5-15/h2-3,8H,4-7,10H2,1H3. The van der Waals surface area contributed by atoms with Crippen molar-refractivity contribution in [1.29, 1.82) is 5.26 Å². The number of benzene rings is 1. The van der Waals surface area contributed by atoms with Gasteiger partial charge in [-0.1, -0.05) is 6.07 Å². The fourth-order valence-electron chi connectivity index (χ4n) is 1.96. The van der Waals surface area contributed by atoms with Gasteiger partial charge in [-0.3, -0.25) is 4.90 Å². The predicted octanol–water partition coefficient (Wildman–Crippen LogP) is 2.12. The van der Waals surface area contributed by atoms with E-state index in [4.69, 9.17) is 10.00 Å². The minimum atomic E-state index is 0.622. The van der Waals surface area contributed by atoms with Crippen molar-refractivity contribution in [2.45, 2.75) is 6.54 Å². The van der Waals surface area contributed by atoms with Gasteiger partial charge in [-0.2, -0.15) is 17.0 Å². The van der Waals surface area contributed by atoms with Gasteiger partial charge in [0.05, 0.1) is 12.7 Å². The molecule has 1 aromatic rings. The van der Waals surface area contributed by atoms with E-state index >= 15 is 0 Å². The van der Waals surface area contributed by atoms with Crippen LogP contribution in [0.25, 0.3) is 0 Å². The number of nitrogens with zero attached hydrogens (tertiary/aromatic N) is 2. The zero-order chi connectivity index (χ0) is 12.1. The molecular weight excluding hydrogens is 232 g/mol. The van der Waals surface area contributed by atoms with Gasteiger partial charge in [0.1, 0.15) is 11.8 Å². The van der Waals surface area contributed by atoms with Gasteiger partial charge in [-0.05, 0) is 17.7 Å². The van der Waals surface area contributed by atoms with E-state index in [1.54, 1.807) is 7.11 Å². The molecule has 1 aliphatic rings. The summed E-state index contributed by atoms with van der Waals surface area (Å²) in [5.41, 5.74) is 1.81. The average molecular weight is 248 g/mol. The summed E-state index contributed by atoms with van der Waals surface area (Å²) in [7, 11) is 1.59. The first kappa shape index (κ1) is 12.3. The molecule has 0 aromatic heterocycles. The molecule has 0 amide bonds. The smallest absolute Gasteiger partial charge is 0.136 e. The van der Waals surface area contributed by atoms with Crippen molar-refractivity contribution in [2.75, 3.05) is 31.7 Å². The number of methoxy groups -OCH3 is 1. The molecule has 90 valence electrons. The number of hydrogen-bond acceptors (Lipinski definition) is 4. The van der Waals surface area contributed by atoms with E-state index in [2.05, 4.69) is 11.0 Å². The molecule has 1 aromatic carbocycles. The van der Waals surface area contributed by atoms with Crippen molar-refractivity contribution in [3.63, 3.8) is 0 Å². The Morgan fingerprint density at radius 2 is 2.18 bits per heavy atom. The first-order valence-electron chi connectivity index (χ1n) is 5.70. The molecular formula is C13H16N2OS. The Morgan fingerprint density at radius 1 is 1.41 bits per heavy atom. The summed E-state index contributed by atoms with van der Waals surface area (Å²) in [6.07, 6.45) is 0. The second-order valence-corrected chi connectivity index (χ2v) is 5.26. The zero-order valence-electron chi connectivity index (χ0n) is 9.98. The van der Waals surface area contributed by atoms with E-state index in [0.717, 1.165) is 19.6 Å². The van der Waals surface area contributed by atoms with Crippen LogP contribution < -0.4 is 4.74 Å². The van der Waals surface area contributed by atoms with E-state index < -0.39 is 0 Å². The van der Waals surface area contributed by atoms with Crippen LogP contribution in [0, 0.1) is 11.3 Å². The highest BCUT2D eigenvalue weighted by Crippen LogP contribution is 2.20. The zero-order valence-corrected chi connectivity index (χ0v) is 10.8. The molecule has 2 rings (SSSR count). The van der Waals surface area contributed by atoms with Crippen molar-refractivity contribution in [1.82, 2.24) is 4.90 Å². The van der Waals surface area contributed by atoms with Crippen LogP contribution in [-0.2, 0) is 6.54 Å². The van der Waals surface area contributed by atoms with Crippen LogP contribution >= 0.6 is 11.8 Å². The van der Waals surface area contributed by atoms with Crippen molar-refractivity contribution < 1.29 is 4.74 Å². The SMILES string of the molecule is COc1ccc(CN2CCSCC2)cc1C#N. The normalized spacial score (nSPS) is 16.5. The molecule has 17 heavy (non-hydrogen) atoms. The molecule has 0 N–H and O–H groups in total. The van der Waals surface area contributed by atoms with Gasteiger partial charge >= 0.3 is 0 Å². The first-order chi connectivity index (χ1) is 8.33. The lowest BCUT2D eigenvalue weighted by atomic mass is 10.1. The lowest BCUT2D eigenvalue weighted by Crippen LogP contribution is -2.31. The van der Waals surface area contributed by atoms with Gasteiger partial charge in [0, 0.05) is 31.1 Å². The quantitative estimate of drug-likeness (QED) is 0.821. The van der Waals surface area contributed by atoms with E-state index in [0.29, 0.717) is 11.3 Å². The summed E-state index contributed by atoms with van der Waals surface area (Å²) < 4.78 is 5.14. The summed E-state index contributed by atoms with van der Waals surface area (Å²) in [5, 5.41) is 9.03. The monoisotopic (exact) mass is 248 g/mol. The third-order valence-electron chi connectivity index (χ3n) is 2.89. The summed E-state index contributed by atoms with van der Waals surface area (Å²) in [6, 6.07) is 8.03. The number of rotatable bonds is 3. The van der Waals surface area contributed by atoms with E-state index in [-0.39, 0.29) is 0 Å². The molecule has 0 saturated carbocycles. The number of nitriles is 1. The van der Waals surface area contributed by atoms with Crippen LogP contribution in [0.1, 0.15) is 11.1 Å². The van der Waals surface area contributed by atoms with Crippen molar-refractivity contribution in [3.8, 4) is 11.8 Å². The molecule has 0 aliphatic carbocycles. The van der Waals surface area contributed by atoms with Gasteiger partial charge in [0.25, 0.3) is 0 Å². The topological polar surface area (TPSA) is 36.3 Å². The van der Waals surface area contributed by atoms with Crippen molar-refractivity contribution in [2.24, 2.45) is 0 Å². The molecule has 0 spiro atoms. The Balaban J connectivity index is 2.08. The molecule has 0 bridgehead atoms. The van der Waals surface area contributed by atoms with Gasteiger partial charge in [0.15, 0.2) is 0 Å². The van der Waals surface area contributed by atoms with E-state index in [9.17, 15) is 0 Å². The Hall–Kier alpha value is -1.18. The van der Waals surface area contributed by atoms with Gasteiger partial charge in [-0.25, -0.2) is 0 Å². The third kappa shape index (κ3) is 3.15. The molecule has 1 fully saturated rings. The Kier molecular flexibility index (Phi) is 4.29. The predicted molar refractivity (Wildman–Crippen MR) is 70.3 cm³/mol. The Morgan fingerprint density at radius 3 is 2.82 bits per heavy atom. The van der Waals surface area contributed by atoms with Crippen LogP contribution in [0.15, 0.2) is 18.2 Å². The maximum absolute atomic E-state index is 9.03. The Bertz CT molecular complexity index is 422. The summed E-state index contributed by atoms with van der Waals surface area (Å²) in [4.78, 5) is 2.43. The van der Waals surface area contributed by atoms with E-state index in [1.807, 2.05) is 30.0 Å². The molecule has 1 aliphatic heterocycles. The number of ether oxygens (including phenoxy) is 1. The Labute approximate surface area is 106 Å². The van der Waals surface area contributed by atoms with Gasteiger partial charge < -0.3 is 4.74 Å². The summed E-state index contributed by atoms with van der Waals surface area (Å²) >= 11 is 2.01. The highest BCUT2D eigenvalue weighted by Gasteiger charge is 2.11. The summed E-state index contributed by atoms with van der Waals surface area (Å²) in [6.45, 7) is 3.20. The van der Waals surface area contributed by atoms with Crippen LogP contribution in [-0.4, -0.2) is 36.6 Å². The molecule has 4 heteroatoms. The molecule has 3 nitrogen and oxygen atoms in total. The minimum Gasteiger partial charge on any atom is -0.495 e. The molecule has 0 atom stereocenters. The minimum absolute atomic E-state index is 0.622. The van der Waals surface area contributed by atoms with Crippen LogP contribution in [0.5, 0.6) is 5.75 Å². The third-order valence-corrected chi connectivity index (χ3v) is 3.84. The van der Waals surface area contributed by atoms with Crippen LogP contribution in [0.3, 0.4) is 0 Å². The molecule has 0 unspecified atom stereocenters. The first-order valence-corrected chi connectivity index (χ1v) is 6.86. The van der Waals surface area contributed by atoms with Crippen LogP contribution in [0.2, 0.25) is 0 Å². The highest BCUT2D eigenvalue weighted by atomic mass is 32.2. The number of hydrogen-bond donors (Lipinski definition) is 0. The fourth-order valence-corrected chi connectivity index (χ4v) is 2.94. The lowest BCUT2D eigenvalue weighted by Gasteiger charge is -2.26. The second-order valence-electron chi connectivity index (χ2n) is 4.03. The van der Waals surface area contributed by atoms with Gasteiger partial charge in [-0.15, -0.1) is 0 Å². The lowest BCUT2D eigenvalue weighted by molar-refractivity contribution is 0.294. The fraction of sp³-hybridized carbons (Fsp3) is 0.462. The molecule has 1 saturated heterocycles. The summed E-state index contributed by atoms with van der Waals surface area (Å²) in [5.74, 6) is 3.08. The largest absolute Gasteiger partial charge is 0.495 e.